The summed E-state index contributed by atoms with van der Waals surface area (Å²) in [5, 5.41) is 2.87. The lowest BCUT2D eigenvalue weighted by Crippen LogP contribution is -2.25. The zero-order valence-corrected chi connectivity index (χ0v) is 11.8. The van der Waals surface area contributed by atoms with Crippen LogP contribution < -0.4 is 5.32 Å². The summed E-state index contributed by atoms with van der Waals surface area (Å²) >= 11 is 0. The molecule has 2 rings (SSSR count). The van der Waals surface area contributed by atoms with Crippen molar-refractivity contribution in [1.82, 2.24) is 5.32 Å². The summed E-state index contributed by atoms with van der Waals surface area (Å²) < 4.78 is 4.64. The van der Waals surface area contributed by atoms with E-state index in [-0.39, 0.29) is 11.9 Å². The quantitative estimate of drug-likeness (QED) is 0.858. The first-order chi connectivity index (χ1) is 10.2. The second-order valence-electron chi connectivity index (χ2n) is 4.56. The Labute approximate surface area is 123 Å². The van der Waals surface area contributed by atoms with Crippen LogP contribution in [0.4, 0.5) is 0 Å². The van der Waals surface area contributed by atoms with Crippen LogP contribution in [0.2, 0.25) is 0 Å². The van der Waals surface area contributed by atoms with E-state index in [1.807, 2.05) is 30.3 Å². The monoisotopic (exact) mass is 283 g/mol. The fourth-order valence-corrected chi connectivity index (χ4v) is 1.94. The lowest BCUT2D eigenvalue weighted by Gasteiger charge is -2.06. The number of rotatable bonds is 5. The highest BCUT2D eigenvalue weighted by molar-refractivity contribution is 5.94. The van der Waals surface area contributed by atoms with Crippen molar-refractivity contribution in [2.45, 2.75) is 6.42 Å². The molecule has 2 aromatic carbocycles. The van der Waals surface area contributed by atoms with Gasteiger partial charge in [-0.05, 0) is 36.2 Å². The number of methoxy groups -OCH3 is 1. The number of hydrogen-bond acceptors (Lipinski definition) is 3. The van der Waals surface area contributed by atoms with Crippen LogP contribution in [-0.4, -0.2) is 25.5 Å². The van der Waals surface area contributed by atoms with Crippen molar-refractivity contribution in [1.29, 1.82) is 0 Å². The first-order valence-corrected chi connectivity index (χ1v) is 6.71. The van der Waals surface area contributed by atoms with Crippen LogP contribution in [-0.2, 0) is 11.2 Å². The molecule has 0 saturated heterocycles. The maximum absolute atomic E-state index is 11.8. The van der Waals surface area contributed by atoms with E-state index in [0.717, 1.165) is 5.56 Å². The molecule has 1 N–H and O–H groups in total. The van der Waals surface area contributed by atoms with Crippen LogP contribution in [0.15, 0.2) is 54.6 Å². The van der Waals surface area contributed by atoms with Gasteiger partial charge in [0, 0.05) is 12.1 Å². The summed E-state index contributed by atoms with van der Waals surface area (Å²) in [5.41, 5.74) is 2.23. The topological polar surface area (TPSA) is 55.4 Å². The van der Waals surface area contributed by atoms with Crippen LogP contribution in [0.5, 0.6) is 0 Å². The minimum atomic E-state index is -0.348. The summed E-state index contributed by atoms with van der Waals surface area (Å²) in [4.78, 5) is 23.2. The van der Waals surface area contributed by atoms with Gasteiger partial charge < -0.3 is 10.1 Å². The van der Waals surface area contributed by atoms with E-state index >= 15 is 0 Å². The molecule has 4 nitrogen and oxygen atoms in total. The standard InChI is InChI=1S/C17H17NO3/c1-21-17(20)15-9-7-13(8-10-15)11-12-18-16(19)14-5-3-2-4-6-14/h2-10H,11-12H2,1H3,(H,18,19). The molecule has 108 valence electrons. The van der Waals surface area contributed by atoms with Crippen LogP contribution >= 0.6 is 0 Å². The molecule has 0 heterocycles. The second-order valence-corrected chi connectivity index (χ2v) is 4.56. The van der Waals surface area contributed by atoms with Gasteiger partial charge in [0.05, 0.1) is 12.7 Å². The molecule has 4 heteroatoms. The fraction of sp³-hybridized carbons (Fsp3) is 0.176. The number of hydrogen-bond donors (Lipinski definition) is 1. The van der Waals surface area contributed by atoms with Crippen molar-refractivity contribution in [2.24, 2.45) is 0 Å². The smallest absolute Gasteiger partial charge is 0.337 e. The molecule has 0 aromatic heterocycles. The van der Waals surface area contributed by atoms with Crippen molar-refractivity contribution in [3.63, 3.8) is 0 Å². The Bertz CT molecular complexity index is 606. The summed E-state index contributed by atoms with van der Waals surface area (Å²) in [6, 6.07) is 16.3. The van der Waals surface area contributed by atoms with Gasteiger partial charge in [-0.1, -0.05) is 30.3 Å². The summed E-state index contributed by atoms with van der Waals surface area (Å²) in [6.07, 6.45) is 0.708. The molecule has 0 spiro atoms. The van der Waals surface area contributed by atoms with Gasteiger partial charge in [-0.2, -0.15) is 0 Å². The van der Waals surface area contributed by atoms with Gasteiger partial charge in [-0.3, -0.25) is 4.79 Å². The van der Waals surface area contributed by atoms with Crippen LogP contribution in [0, 0.1) is 0 Å². The minimum absolute atomic E-state index is 0.0817. The second kappa shape index (κ2) is 7.24. The fourth-order valence-electron chi connectivity index (χ4n) is 1.94. The molecule has 0 atom stereocenters. The van der Waals surface area contributed by atoms with Crippen molar-refractivity contribution in [3.05, 3.63) is 71.3 Å². The summed E-state index contributed by atoms with van der Waals surface area (Å²) in [6.45, 7) is 0.547. The highest BCUT2D eigenvalue weighted by Crippen LogP contribution is 2.06. The van der Waals surface area contributed by atoms with Gasteiger partial charge in [-0.15, -0.1) is 0 Å². The number of ether oxygens (including phenoxy) is 1. The highest BCUT2D eigenvalue weighted by atomic mass is 16.5. The first kappa shape index (κ1) is 14.8. The predicted octanol–water partition coefficient (Wildman–Crippen LogP) is 2.45. The van der Waals surface area contributed by atoms with Crippen molar-refractivity contribution in [3.8, 4) is 0 Å². The van der Waals surface area contributed by atoms with Gasteiger partial charge in [0.15, 0.2) is 0 Å². The Morgan fingerprint density at radius 3 is 2.24 bits per heavy atom. The van der Waals surface area contributed by atoms with E-state index in [9.17, 15) is 9.59 Å². The SMILES string of the molecule is COC(=O)c1ccc(CCNC(=O)c2ccccc2)cc1. The highest BCUT2D eigenvalue weighted by Gasteiger charge is 2.05. The molecule has 2 aromatic rings. The average Bonchev–Trinajstić information content (AvgIpc) is 2.55. The Morgan fingerprint density at radius 1 is 0.952 bits per heavy atom. The zero-order chi connectivity index (χ0) is 15.1. The molecular formula is C17H17NO3. The Hall–Kier alpha value is -2.62. The van der Waals surface area contributed by atoms with Gasteiger partial charge in [0.25, 0.3) is 5.91 Å². The normalized spacial score (nSPS) is 9.95. The molecule has 1 amide bonds. The molecule has 0 saturated carbocycles. The number of benzene rings is 2. The van der Waals surface area contributed by atoms with Gasteiger partial charge in [0.2, 0.25) is 0 Å². The summed E-state index contributed by atoms with van der Waals surface area (Å²) in [5.74, 6) is -0.430. The molecule has 0 aliphatic rings. The van der Waals surface area contributed by atoms with E-state index < -0.39 is 0 Å². The van der Waals surface area contributed by atoms with E-state index in [1.165, 1.54) is 7.11 Å². The van der Waals surface area contributed by atoms with Gasteiger partial charge in [-0.25, -0.2) is 4.79 Å². The number of carbonyl (C=O) groups excluding carboxylic acids is 2. The van der Waals surface area contributed by atoms with Crippen molar-refractivity contribution >= 4 is 11.9 Å². The molecule has 0 aliphatic heterocycles. The number of carbonyl (C=O) groups is 2. The first-order valence-electron chi connectivity index (χ1n) is 6.71. The van der Waals surface area contributed by atoms with Crippen LogP contribution in [0.3, 0.4) is 0 Å². The minimum Gasteiger partial charge on any atom is -0.465 e. The Morgan fingerprint density at radius 2 is 1.62 bits per heavy atom. The van der Waals surface area contributed by atoms with Gasteiger partial charge in [0.1, 0.15) is 0 Å². The molecule has 21 heavy (non-hydrogen) atoms. The zero-order valence-electron chi connectivity index (χ0n) is 11.8. The number of esters is 1. The molecule has 0 aliphatic carbocycles. The van der Waals surface area contributed by atoms with E-state index in [1.54, 1.807) is 24.3 Å². The Kier molecular flexibility index (Phi) is 5.10. The molecule has 0 bridgehead atoms. The number of amides is 1. The third-order valence-electron chi connectivity index (χ3n) is 3.11. The van der Waals surface area contributed by atoms with Crippen molar-refractivity contribution < 1.29 is 14.3 Å². The molecule has 0 radical (unpaired) electrons. The predicted molar refractivity (Wildman–Crippen MR) is 80.3 cm³/mol. The largest absolute Gasteiger partial charge is 0.465 e. The third-order valence-corrected chi connectivity index (χ3v) is 3.11. The van der Waals surface area contributed by atoms with E-state index in [2.05, 4.69) is 10.1 Å². The van der Waals surface area contributed by atoms with E-state index in [0.29, 0.717) is 24.1 Å². The maximum Gasteiger partial charge on any atom is 0.337 e. The lowest BCUT2D eigenvalue weighted by molar-refractivity contribution is 0.0600. The molecule has 0 fully saturated rings. The maximum atomic E-state index is 11.8. The van der Waals surface area contributed by atoms with Gasteiger partial charge >= 0.3 is 5.97 Å². The lowest BCUT2D eigenvalue weighted by atomic mass is 10.1. The number of nitrogens with one attached hydrogen (secondary N) is 1. The Balaban J connectivity index is 1.84. The van der Waals surface area contributed by atoms with Crippen LogP contribution in [0.1, 0.15) is 26.3 Å². The summed E-state index contributed by atoms with van der Waals surface area (Å²) in [7, 11) is 1.36. The van der Waals surface area contributed by atoms with E-state index in [4.69, 9.17) is 0 Å². The average molecular weight is 283 g/mol. The molecular weight excluding hydrogens is 266 g/mol. The third kappa shape index (κ3) is 4.18. The van der Waals surface area contributed by atoms with Crippen LogP contribution in [0.25, 0.3) is 0 Å². The molecule has 0 unspecified atom stereocenters. The van der Waals surface area contributed by atoms with Crippen molar-refractivity contribution in [2.75, 3.05) is 13.7 Å².